The molecule has 4 heteroatoms. The Hall–Kier alpha value is -0.220. The number of halogens is 2. The van der Waals surface area contributed by atoms with Gasteiger partial charge in [-0.25, -0.2) is 8.78 Å². The van der Waals surface area contributed by atoms with Gasteiger partial charge in [0.15, 0.2) is 0 Å². The number of nitrogens with two attached hydrogens (primary N) is 1. The second-order valence-corrected chi connectivity index (χ2v) is 3.44. The second-order valence-electron chi connectivity index (χ2n) is 3.44. The van der Waals surface area contributed by atoms with Gasteiger partial charge in [0, 0.05) is 12.6 Å². The topological polar surface area (TPSA) is 38.0 Å². The average Bonchev–Trinajstić information content (AvgIpc) is 1.84. The fourth-order valence-electron chi connectivity index (χ4n) is 1.07. The number of hydrogen-bond acceptors (Lipinski definition) is 2. The van der Waals surface area contributed by atoms with Crippen LogP contribution in [0, 0.1) is 5.92 Å². The minimum atomic E-state index is -2.28. The Morgan fingerprint density at radius 1 is 1.25 bits per heavy atom. The Labute approximate surface area is 72.5 Å². The molecule has 0 saturated heterocycles. The fraction of sp³-hybridized carbons (Fsp3) is 1.00. The fourth-order valence-corrected chi connectivity index (χ4v) is 1.07. The van der Waals surface area contributed by atoms with E-state index in [0.717, 1.165) is 6.42 Å². The largest absolute Gasteiger partial charge is 0.327 e. The molecule has 3 N–H and O–H groups in total. The van der Waals surface area contributed by atoms with Crippen LogP contribution in [0.4, 0.5) is 8.78 Å². The van der Waals surface area contributed by atoms with Crippen molar-refractivity contribution in [3.8, 4) is 0 Å². The molecule has 74 valence electrons. The lowest BCUT2D eigenvalue weighted by Gasteiger charge is -2.14. The summed E-state index contributed by atoms with van der Waals surface area (Å²) in [6, 6.07) is -0.0104. The zero-order valence-corrected chi connectivity index (χ0v) is 7.69. The van der Waals surface area contributed by atoms with E-state index >= 15 is 0 Å². The van der Waals surface area contributed by atoms with Gasteiger partial charge < -0.3 is 11.1 Å². The first-order valence-electron chi connectivity index (χ1n) is 4.26. The van der Waals surface area contributed by atoms with E-state index in [1.807, 2.05) is 0 Å². The van der Waals surface area contributed by atoms with Crippen molar-refractivity contribution in [2.24, 2.45) is 11.7 Å². The van der Waals surface area contributed by atoms with Crippen molar-refractivity contribution >= 4 is 0 Å². The molecule has 0 aromatic heterocycles. The molecule has 0 spiro atoms. The molecule has 12 heavy (non-hydrogen) atoms. The molecule has 0 fully saturated rings. The van der Waals surface area contributed by atoms with E-state index in [9.17, 15) is 8.78 Å². The Morgan fingerprint density at radius 2 is 1.83 bits per heavy atom. The van der Waals surface area contributed by atoms with Crippen LogP contribution in [0.5, 0.6) is 0 Å². The quantitative estimate of drug-likeness (QED) is 0.645. The van der Waals surface area contributed by atoms with E-state index < -0.39 is 6.43 Å². The maximum absolute atomic E-state index is 11.6. The predicted molar refractivity (Wildman–Crippen MR) is 46.3 cm³/mol. The summed E-state index contributed by atoms with van der Waals surface area (Å²) in [6.07, 6.45) is -1.41. The lowest BCUT2D eigenvalue weighted by molar-refractivity contribution is 0.145. The molecule has 0 saturated carbocycles. The number of hydrogen-bond donors (Lipinski definition) is 2. The van der Waals surface area contributed by atoms with Gasteiger partial charge in [-0.2, -0.15) is 0 Å². The summed E-state index contributed by atoms with van der Waals surface area (Å²) in [5.74, 6) is 0.522. The number of alkyl halides is 2. The predicted octanol–water partition coefficient (Wildman–Crippen LogP) is 1.21. The van der Waals surface area contributed by atoms with Crippen molar-refractivity contribution in [3.05, 3.63) is 0 Å². The monoisotopic (exact) mass is 180 g/mol. The van der Waals surface area contributed by atoms with Crippen molar-refractivity contribution in [2.75, 3.05) is 13.1 Å². The standard InChI is InChI=1S/C8H18F2N2/c1-6(2)3-7(11)4-12-5-8(9)10/h6-8,12H,3-5,11H2,1-2H3. The Balaban J connectivity index is 3.25. The summed E-state index contributed by atoms with van der Waals surface area (Å²) in [5, 5.41) is 2.61. The highest BCUT2D eigenvalue weighted by atomic mass is 19.3. The zero-order chi connectivity index (χ0) is 9.56. The molecule has 1 atom stereocenters. The van der Waals surface area contributed by atoms with Crippen molar-refractivity contribution in [1.29, 1.82) is 0 Å². The lowest BCUT2D eigenvalue weighted by atomic mass is 10.0. The van der Waals surface area contributed by atoms with Gasteiger partial charge in [-0.05, 0) is 12.3 Å². The van der Waals surface area contributed by atoms with E-state index in [1.165, 1.54) is 0 Å². The van der Waals surface area contributed by atoms with E-state index in [-0.39, 0.29) is 12.6 Å². The van der Waals surface area contributed by atoms with Gasteiger partial charge in [0.05, 0.1) is 6.54 Å². The van der Waals surface area contributed by atoms with Gasteiger partial charge in [-0.15, -0.1) is 0 Å². The number of nitrogens with one attached hydrogen (secondary N) is 1. The molecule has 0 radical (unpaired) electrons. The molecule has 0 bridgehead atoms. The Kier molecular flexibility index (Phi) is 6.20. The highest BCUT2D eigenvalue weighted by Gasteiger charge is 2.06. The molecule has 2 nitrogen and oxygen atoms in total. The molecule has 0 heterocycles. The lowest BCUT2D eigenvalue weighted by Crippen LogP contribution is -2.36. The van der Waals surface area contributed by atoms with Gasteiger partial charge >= 0.3 is 0 Å². The smallest absolute Gasteiger partial charge is 0.250 e. The summed E-state index contributed by atoms with van der Waals surface area (Å²) in [5.41, 5.74) is 5.65. The summed E-state index contributed by atoms with van der Waals surface area (Å²) >= 11 is 0. The third kappa shape index (κ3) is 7.88. The molecule has 0 rings (SSSR count). The maximum Gasteiger partial charge on any atom is 0.250 e. The molecule has 0 aromatic rings. The minimum absolute atomic E-state index is 0.0104. The van der Waals surface area contributed by atoms with Crippen LogP contribution in [-0.2, 0) is 0 Å². The highest BCUT2D eigenvalue weighted by Crippen LogP contribution is 2.01. The summed E-state index contributed by atoms with van der Waals surface area (Å²) in [4.78, 5) is 0. The van der Waals surface area contributed by atoms with Crippen LogP contribution in [-0.4, -0.2) is 25.6 Å². The van der Waals surface area contributed by atoms with Crippen molar-refractivity contribution in [1.82, 2.24) is 5.32 Å². The first-order chi connectivity index (χ1) is 5.52. The Morgan fingerprint density at radius 3 is 2.25 bits per heavy atom. The van der Waals surface area contributed by atoms with Gasteiger partial charge in [0.25, 0.3) is 6.43 Å². The van der Waals surface area contributed by atoms with Crippen LogP contribution in [0.3, 0.4) is 0 Å². The first-order valence-corrected chi connectivity index (χ1v) is 4.26. The molecule has 0 aliphatic carbocycles. The molecule has 0 aliphatic rings. The van der Waals surface area contributed by atoms with Crippen LogP contribution >= 0.6 is 0 Å². The third-order valence-corrected chi connectivity index (χ3v) is 1.48. The van der Waals surface area contributed by atoms with Crippen LogP contribution in [0.2, 0.25) is 0 Å². The van der Waals surface area contributed by atoms with Crippen LogP contribution < -0.4 is 11.1 Å². The maximum atomic E-state index is 11.6. The number of rotatable bonds is 6. The zero-order valence-electron chi connectivity index (χ0n) is 7.69. The van der Waals surface area contributed by atoms with Crippen LogP contribution in [0.25, 0.3) is 0 Å². The van der Waals surface area contributed by atoms with E-state index in [2.05, 4.69) is 19.2 Å². The normalized spacial score (nSPS) is 14.2. The minimum Gasteiger partial charge on any atom is -0.327 e. The van der Waals surface area contributed by atoms with Crippen LogP contribution in [0.1, 0.15) is 20.3 Å². The first kappa shape index (κ1) is 11.8. The molecular weight excluding hydrogens is 162 g/mol. The molecular formula is C8H18F2N2. The molecule has 1 unspecified atom stereocenters. The van der Waals surface area contributed by atoms with Crippen molar-refractivity contribution in [3.63, 3.8) is 0 Å². The third-order valence-electron chi connectivity index (χ3n) is 1.48. The van der Waals surface area contributed by atoms with E-state index in [4.69, 9.17) is 5.73 Å². The average molecular weight is 180 g/mol. The summed E-state index contributed by atoms with van der Waals surface area (Å²) in [7, 11) is 0. The van der Waals surface area contributed by atoms with E-state index in [0.29, 0.717) is 12.5 Å². The summed E-state index contributed by atoms with van der Waals surface area (Å²) in [6.45, 7) is 4.34. The molecule has 0 amide bonds. The van der Waals surface area contributed by atoms with Gasteiger partial charge in [-0.1, -0.05) is 13.8 Å². The van der Waals surface area contributed by atoms with E-state index in [1.54, 1.807) is 0 Å². The SMILES string of the molecule is CC(C)CC(N)CNCC(F)F. The van der Waals surface area contributed by atoms with Crippen molar-refractivity contribution in [2.45, 2.75) is 32.7 Å². The summed E-state index contributed by atoms with van der Waals surface area (Å²) < 4.78 is 23.3. The van der Waals surface area contributed by atoms with Crippen LogP contribution in [0.15, 0.2) is 0 Å². The van der Waals surface area contributed by atoms with Gasteiger partial charge in [0.2, 0.25) is 0 Å². The Bertz CT molecular complexity index is 107. The highest BCUT2D eigenvalue weighted by molar-refractivity contribution is 4.66. The van der Waals surface area contributed by atoms with Gasteiger partial charge in [0.1, 0.15) is 0 Å². The van der Waals surface area contributed by atoms with Crippen molar-refractivity contribution < 1.29 is 8.78 Å². The van der Waals surface area contributed by atoms with Gasteiger partial charge in [-0.3, -0.25) is 0 Å². The molecule has 0 aromatic carbocycles. The second kappa shape index (κ2) is 6.31. The molecule has 0 aliphatic heterocycles.